The minimum atomic E-state index is -5.05. The number of benzene rings is 3. The molecule has 0 N–H and O–H groups in total. The number of fused-ring (bicyclic) bond motifs is 8. The number of urea groups is 4. The third-order valence-electron chi connectivity index (χ3n) is 20.1. The molecule has 4 aromatic heterocycles. The molecule has 8 bridgehead atoms. The Balaban J connectivity index is 0.000000149. The molecule has 16 rings (SSSR count). The number of methoxy groups -OCH3 is 4. The number of aromatic nitrogens is 8. The molecule has 32 nitrogen and oxygen atoms in total. The van der Waals surface area contributed by atoms with Gasteiger partial charge in [0.25, 0.3) is 0 Å². The molecule has 4 unspecified atom stereocenters. The zero-order chi connectivity index (χ0) is 82.2. The first-order valence-electron chi connectivity index (χ1n) is 36.7. The summed E-state index contributed by atoms with van der Waals surface area (Å²) in [4.78, 5) is 100. The Morgan fingerprint density at radius 3 is 1.21 bits per heavy atom. The molecule has 0 saturated carbocycles. The fourth-order valence-corrected chi connectivity index (χ4v) is 18.2. The Morgan fingerprint density at radius 2 is 0.845 bits per heavy atom. The van der Waals surface area contributed by atoms with E-state index in [0.717, 1.165) is 38.8 Å². The van der Waals surface area contributed by atoms with Crippen molar-refractivity contribution in [2.45, 2.75) is 76.9 Å². The van der Waals surface area contributed by atoms with E-state index in [1.165, 1.54) is 64.7 Å². The molecule has 5 fully saturated rings. The van der Waals surface area contributed by atoms with Gasteiger partial charge in [0.1, 0.15) is 35.3 Å². The Kier molecular flexibility index (Phi) is 30.4. The van der Waals surface area contributed by atoms with Crippen LogP contribution >= 0.6 is 23.2 Å². The zero-order valence-electron chi connectivity index (χ0n) is 66.4. The largest absolute Gasteiger partial charge is 1.00 e. The van der Waals surface area contributed by atoms with Crippen LogP contribution in [0.5, 0.6) is 24.0 Å². The fraction of sp³-hybridized carbons (Fsp3) is 0.342. The van der Waals surface area contributed by atoms with E-state index < -0.39 is 48.1 Å². The van der Waals surface area contributed by atoms with Crippen LogP contribution in [0.3, 0.4) is 0 Å². The molecule has 3 aromatic carbocycles. The van der Waals surface area contributed by atoms with Crippen molar-refractivity contribution < 1.29 is 104 Å². The van der Waals surface area contributed by atoms with Crippen molar-refractivity contribution in [3.63, 3.8) is 0 Å². The van der Waals surface area contributed by atoms with Gasteiger partial charge in [-0.25, -0.2) is 67.5 Å². The smallest absolute Gasteiger partial charge is 0.724 e. The first-order valence-corrected chi connectivity index (χ1v) is 40.7. The van der Waals surface area contributed by atoms with Crippen molar-refractivity contribution in [2.75, 3.05) is 101 Å². The molecular formula is C79H91BBrN16NaO16PS+. The van der Waals surface area contributed by atoms with E-state index in [4.69, 9.17) is 37.9 Å². The number of hydrogen-bond donors (Lipinski definition) is 0. The van der Waals surface area contributed by atoms with Crippen molar-refractivity contribution in [1.29, 1.82) is 0 Å². The number of nitrogens with zero attached hydrogens (tertiary/aromatic N) is 16. The van der Waals surface area contributed by atoms with Crippen LogP contribution in [-0.2, 0) is 33.7 Å². The van der Waals surface area contributed by atoms with Gasteiger partial charge in [0.05, 0.1) is 88.3 Å². The summed E-state index contributed by atoms with van der Waals surface area (Å²) >= 11 is 3.19. The van der Waals surface area contributed by atoms with E-state index in [9.17, 15) is 32.1 Å². The number of carbonyl (C=O) groups is 4. The monoisotopic (exact) mass is 1700 g/mol. The topological polar surface area (TPSA) is 338 Å². The molecular weight excluding hydrogens is 1610 g/mol. The maximum Gasteiger partial charge on any atom is 1.00 e. The summed E-state index contributed by atoms with van der Waals surface area (Å²) in [5.41, 5.74) is 5.29. The molecule has 8 amide bonds. The number of rotatable bonds is 21. The number of hydrogen-bond acceptors (Lipinski definition) is 24. The fourth-order valence-electron chi connectivity index (χ4n) is 13.8. The van der Waals surface area contributed by atoms with E-state index in [2.05, 4.69) is 189 Å². The first-order chi connectivity index (χ1) is 55.3. The summed E-state index contributed by atoms with van der Waals surface area (Å²) in [6.07, 6.45) is 26.4. The van der Waals surface area contributed by atoms with Crippen LogP contribution in [0.4, 0.5) is 19.2 Å². The summed E-state index contributed by atoms with van der Waals surface area (Å²) in [5.74, 6) is 2.41. The van der Waals surface area contributed by atoms with Gasteiger partial charge in [-0.15, -0.1) is 13.2 Å². The quantitative estimate of drug-likeness (QED) is 0.0260. The second kappa shape index (κ2) is 39.8. The predicted molar refractivity (Wildman–Crippen MR) is 434 cm³/mol. The number of carbonyl (C=O) groups excluding carboxylic acids is 4. The molecule has 0 aliphatic carbocycles. The Morgan fingerprint density at radius 1 is 0.517 bits per heavy atom. The van der Waals surface area contributed by atoms with Crippen LogP contribution in [0.25, 0.3) is 16.7 Å². The predicted octanol–water partition coefficient (Wildman–Crippen LogP) is 6.04. The van der Waals surface area contributed by atoms with Crippen LogP contribution in [0.1, 0.15) is 58.2 Å². The van der Waals surface area contributed by atoms with Gasteiger partial charge in [0.2, 0.25) is 10.4 Å². The van der Waals surface area contributed by atoms with E-state index >= 15 is 0 Å². The van der Waals surface area contributed by atoms with Gasteiger partial charge in [0.15, 0.2) is 0 Å². The molecule has 9 aliphatic rings. The minimum Gasteiger partial charge on any atom is -0.724 e. The normalized spacial score (nSPS) is 19.7. The molecule has 116 heavy (non-hydrogen) atoms. The Labute approximate surface area is 706 Å². The van der Waals surface area contributed by atoms with Gasteiger partial charge in [-0.05, 0) is 116 Å². The third-order valence-corrected chi connectivity index (χ3v) is 24.9. The number of allylic oxidation sites excluding steroid dienone is 1. The number of likely N-dealkylation sites (N-methyl/N-ethyl adjacent to an activating group) is 1. The van der Waals surface area contributed by atoms with Gasteiger partial charge in [-0.2, -0.15) is 19.5 Å². The molecule has 7 aromatic rings. The van der Waals surface area contributed by atoms with E-state index in [1.807, 2.05) is 56.6 Å². The average molecular weight is 1700 g/mol. The zero-order valence-corrected chi connectivity index (χ0v) is 71.7. The maximum absolute atomic E-state index is 12.3. The summed E-state index contributed by atoms with van der Waals surface area (Å²) in [6, 6.07) is 32.2. The Bertz CT molecular complexity index is 4730. The number of amides is 8. The van der Waals surface area contributed by atoms with Gasteiger partial charge < -0.3 is 57.3 Å². The molecule has 0 spiro atoms. The standard InChI is InChI=1S/C21H20P.C15H23BN2O4.C14H16N4O3.C13H16N4O2.C11H12N4O6S.C5H5BrN2O.Na/c1-2-18-22(19-12-6-3-7-13-19,20-14-8-4-9-15-20)21-16-10-5-11-17-21;1-6-9-20-18-12-10-17(13(18)19)8-7-11(12)16-21-14(2,3)15(4,5)22-16;1-3-6-21-18-12-9-17(14(18)19)5-4-11(12)10-7-15-13(20-2)16-8-10;1-3-17-11-8-16(13(17)18)5-4-10(11)9-6-14-12(19-2)15-7-9;1-20-10-12-4-7(5-13-10)8-2-3-14-6-9(8)15(11(14)16)21-22(17,18)19;1-9-5-7-2-4(6)3-8-5;/h2-18H,1H3;6-7,12H,1,8-10H2,2-5H3;3-4,7-8,12H,1,5-6,9H2,2H3;4,6-7,11H,3,5,8H2,1-2H3;2,4-5,9H,3,6H2,1H3,(H,17,18,19);2-3H,1H3;/q+1;;;;;;+1/p-1/b18-2+;;;;;;. The van der Waals surface area contributed by atoms with Gasteiger partial charge >= 0.3 is 84.8 Å². The van der Waals surface area contributed by atoms with Crippen LogP contribution < -0.4 is 64.4 Å². The van der Waals surface area contributed by atoms with Crippen LogP contribution in [0.15, 0.2) is 212 Å². The van der Waals surface area contributed by atoms with Crippen molar-refractivity contribution in [3.8, 4) is 24.0 Å². The molecule has 0 radical (unpaired) electrons. The second-order valence-electron chi connectivity index (χ2n) is 27.5. The van der Waals surface area contributed by atoms with E-state index in [1.54, 1.807) is 72.3 Å². The SMILES string of the molecule is C/C=C/[P+](c1ccccc1)(c1ccccc1)c1ccccc1.C=CCON1C(=O)N2CC=C(B3OC(C)(C)C(C)(C)O3)C1C2.C=CCON1C(=O)N2CC=C(c3cnc(OC)nc3)C1C2.CCN1C(=O)N2CC=C(c3cnc(OC)nc3)C1C2.COc1ncc(Br)cn1.COc1ncc(C2=CCN3CC2N(OS(=O)(=O)[O-])C3=O)cn1.[Na+]. The molecule has 9 aliphatic heterocycles. The third kappa shape index (κ3) is 20.2. The van der Waals surface area contributed by atoms with E-state index in [0.29, 0.717) is 86.7 Å². The Hall–Kier alpha value is -9.88. The van der Waals surface area contributed by atoms with Crippen LogP contribution in [0.2, 0.25) is 0 Å². The molecule has 5 saturated heterocycles. The van der Waals surface area contributed by atoms with E-state index in [-0.39, 0.29) is 84.9 Å². The molecule has 37 heteroatoms. The average Bonchev–Trinajstić information content (AvgIpc) is 1.72. The van der Waals surface area contributed by atoms with Crippen LogP contribution in [0, 0.1) is 0 Å². The summed E-state index contributed by atoms with van der Waals surface area (Å²) in [7, 11) is -1.20. The van der Waals surface area contributed by atoms with Crippen molar-refractivity contribution in [2.24, 2.45) is 0 Å². The number of halogens is 1. The molecule has 4 atom stereocenters. The summed E-state index contributed by atoms with van der Waals surface area (Å²) in [6.45, 7) is 25.0. The van der Waals surface area contributed by atoms with Crippen molar-refractivity contribution >= 4 is 97.5 Å². The molecule has 13 heterocycles. The maximum atomic E-state index is 12.3. The van der Waals surface area contributed by atoms with Crippen molar-refractivity contribution in [3.05, 3.63) is 229 Å². The minimum absolute atomic E-state index is 0. The van der Waals surface area contributed by atoms with Gasteiger partial charge in [-0.1, -0.05) is 97.1 Å². The van der Waals surface area contributed by atoms with Crippen molar-refractivity contribution in [1.82, 2.24) is 79.6 Å². The number of hydroxylamine groups is 6. The second-order valence-corrected chi connectivity index (χ2v) is 32.6. The first kappa shape index (κ1) is 88.5. The number of ether oxygens (including phenoxy) is 4. The van der Waals surface area contributed by atoms with Crippen LogP contribution in [-0.4, -0.2) is 260 Å². The summed E-state index contributed by atoms with van der Waals surface area (Å²) in [5, 5.41) is 7.59. The van der Waals surface area contributed by atoms with Gasteiger partial charge in [0, 0.05) is 112 Å². The van der Waals surface area contributed by atoms with Gasteiger partial charge in [-0.3, -0.25) is 9.68 Å². The summed E-state index contributed by atoms with van der Waals surface area (Å²) < 4.78 is 69.3. The molecule has 604 valence electrons.